The van der Waals surface area contributed by atoms with Crippen molar-refractivity contribution < 1.29 is 48.7 Å². The maximum Gasteiger partial charge on any atom is 0.336 e. The molecule has 2 aliphatic rings. The number of aliphatic carboxylic acids is 3. The van der Waals surface area contributed by atoms with E-state index in [2.05, 4.69) is 9.88 Å². The zero-order valence-electron chi connectivity index (χ0n) is 20.7. The summed E-state index contributed by atoms with van der Waals surface area (Å²) in [6, 6.07) is 8.19. The molecular weight excluding hydrogens is 506 g/mol. The Bertz CT molecular complexity index is 1180. The van der Waals surface area contributed by atoms with Crippen LogP contribution in [0.25, 0.3) is 0 Å². The van der Waals surface area contributed by atoms with Gasteiger partial charge in [-0.25, -0.2) is 13.6 Å². The first kappa shape index (κ1) is 29.1. The second-order valence-corrected chi connectivity index (χ2v) is 9.94. The van der Waals surface area contributed by atoms with Crippen LogP contribution in [0.4, 0.5) is 8.78 Å². The van der Waals surface area contributed by atoms with Crippen molar-refractivity contribution in [2.75, 3.05) is 13.1 Å². The third-order valence-corrected chi connectivity index (χ3v) is 7.09. The van der Waals surface area contributed by atoms with Crippen LogP contribution in [0.1, 0.15) is 42.5 Å². The lowest BCUT2D eigenvalue weighted by Gasteiger charge is -2.30. The van der Waals surface area contributed by atoms with Gasteiger partial charge in [0.1, 0.15) is 5.60 Å². The van der Waals surface area contributed by atoms with Crippen LogP contribution in [0.15, 0.2) is 36.5 Å². The molecule has 1 aliphatic carbocycles. The van der Waals surface area contributed by atoms with Crippen molar-refractivity contribution in [1.29, 1.82) is 0 Å². The van der Waals surface area contributed by atoms with Crippen molar-refractivity contribution >= 4 is 17.9 Å². The van der Waals surface area contributed by atoms with E-state index < -0.39 is 53.6 Å². The molecule has 4 rings (SSSR count). The average Bonchev–Trinajstić information content (AvgIpc) is 3.36. The molecule has 1 saturated heterocycles. The first-order valence-corrected chi connectivity index (χ1v) is 12.0. The molecule has 2 heterocycles. The van der Waals surface area contributed by atoms with Crippen LogP contribution >= 0.6 is 0 Å². The van der Waals surface area contributed by atoms with E-state index in [1.165, 1.54) is 6.07 Å². The predicted octanol–water partition coefficient (Wildman–Crippen LogP) is 2.15. The number of aromatic nitrogens is 1. The fourth-order valence-electron chi connectivity index (χ4n) is 5.18. The van der Waals surface area contributed by atoms with Crippen LogP contribution < -0.4 is 0 Å². The Balaban J connectivity index is 0.000000263. The first-order chi connectivity index (χ1) is 17.7. The Morgan fingerprint density at radius 2 is 1.74 bits per heavy atom. The van der Waals surface area contributed by atoms with Crippen molar-refractivity contribution in [2.24, 2.45) is 11.8 Å². The van der Waals surface area contributed by atoms with E-state index in [1.54, 1.807) is 12.3 Å². The van der Waals surface area contributed by atoms with Gasteiger partial charge in [-0.15, -0.1) is 0 Å². The highest BCUT2D eigenvalue weighted by molar-refractivity contribution is 5.88. The summed E-state index contributed by atoms with van der Waals surface area (Å²) in [6.07, 6.45) is 1.14. The topological polar surface area (TPSA) is 168 Å². The number of likely N-dealkylation sites (tertiary alicyclic amines) is 1. The van der Waals surface area contributed by atoms with Gasteiger partial charge in [-0.2, -0.15) is 0 Å². The molecule has 2 aromatic rings. The highest BCUT2D eigenvalue weighted by Gasteiger charge is 2.53. The van der Waals surface area contributed by atoms with E-state index in [1.807, 2.05) is 19.1 Å². The van der Waals surface area contributed by atoms with Gasteiger partial charge in [-0.05, 0) is 43.4 Å². The average molecular weight is 537 g/mol. The molecule has 0 spiro atoms. The number of carboxylic acid groups (broad SMARTS) is 3. The third-order valence-electron chi connectivity index (χ3n) is 7.09. The molecule has 12 heteroatoms. The van der Waals surface area contributed by atoms with Crippen molar-refractivity contribution in [1.82, 2.24) is 9.88 Å². The molecule has 206 valence electrons. The van der Waals surface area contributed by atoms with Gasteiger partial charge in [-0.3, -0.25) is 19.5 Å². The van der Waals surface area contributed by atoms with E-state index in [4.69, 9.17) is 20.4 Å². The number of pyridine rings is 1. The van der Waals surface area contributed by atoms with Crippen molar-refractivity contribution in [3.8, 4) is 0 Å². The number of aliphatic hydroxyl groups is 2. The summed E-state index contributed by atoms with van der Waals surface area (Å²) in [5, 5.41) is 45.1. The number of hydrogen-bond donors (Lipinski definition) is 5. The van der Waals surface area contributed by atoms with Gasteiger partial charge in [0.05, 0.1) is 18.5 Å². The minimum absolute atomic E-state index is 0.0827. The molecule has 0 unspecified atom stereocenters. The predicted molar refractivity (Wildman–Crippen MR) is 128 cm³/mol. The number of fused-ring (bicyclic) bond motifs is 1. The number of benzene rings is 1. The summed E-state index contributed by atoms with van der Waals surface area (Å²) >= 11 is 0. The molecular formula is C26H30F2N2O8. The summed E-state index contributed by atoms with van der Waals surface area (Å²) in [4.78, 5) is 37.1. The molecule has 0 bridgehead atoms. The highest BCUT2D eigenvalue weighted by Crippen LogP contribution is 2.50. The van der Waals surface area contributed by atoms with Gasteiger partial charge >= 0.3 is 17.9 Å². The minimum atomic E-state index is -2.74. The molecule has 10 nitrogen and oxygen atoms in total. The van der Waals surface area contributed by atoms with E-state index in [9.17, 15) is 28.3 Å². The maximum absolute atomic E-state index is 13.9. The zero-order valence-corrected chi connectivity index (χ0v) is 20.7. The lowest BCUT2D eigenvalue weighted by atomic mass is 9.85. The number of halogens is 2. The smallest absolute Gasteiger partial charge is 0.336 e. The van der Waals surface area contributed by atoms with Crippen molar-refractivity contribution in [3.63, 3.8) is 0 Å². The third kappa shape index (κ3) is 6.50. The van der Waals surface area contributed by atoms with Gasteiger partial charge in [0.2, 0.25) is 0 Å². The van der Waals surface area contributed by atoms with E-state index in [0.29, 0.717) is 31.0 Å². The molecule has 1 aromatic carbocycles. The van der Waals surface area contributed by atoms with E-state index in [-0.39, 0.29) is 5.92 Å². The molecule has 0 amide bonds. The summed E-state index contributed by atoms with van der Waals surface area (Å²) in [5.41, 5.74) is -1.50. The molecule has 1 saturated carbocycles. The molecule has 2 fully saturated rings. The Kier molecular flexibility index (Phi) is 8.80. The number of aryl methyl sites for hydroxylation is 1. The standard InChI is InChI=1S/C20H22F2N2O.C6H8O7/c1-13-5-6-18(23-9-13)20(25)8-7-14-10-24(12-16(14)20)11-15-3-2-4-17(21)19(15)22;7-3(8)1-6(13,5(11)12)2-4(9)10/h2-6,9,14,16,25H,7-8,10-12H2,1H3;13H,1-2H2,(H,7,8)(H,9,10)(H,11,12)/t14-,16+,20-;/m0./s1. The van der Waals surface area contributed by atoms with Crippen LogP contribution in [0.5, 0.6) is 0 Å². The summed E-state index contributed by atoms with van der Waals surface area (Å²) < 4.78 is 27.4. The summed E-state index contributed by atoms with van der Waals surface area (Å²) in [7, 11) is 0. The molecule has 38 heavy (non-hydrogen) atoms. The van der Waals surface area contributed by atoms with Crippen molar-refractivity contribution in [2.45, 2.75) is 50.4 Å². The quantitative estimate of drug-likeness (QED) is 0.337. The van der Waals surface area contributed by atoms with Gasteiger partial charge < -0.3 is 25.5 Å². The number of carboxylic acids is 3. The van der Waals surface area contributed by atoms with Crippen LogP contribution in [-0.4, -0.2) is 72.0 Å². The normalized spacial score (nSPS) is 22.9. The van der Waals surface area contributed by atoms with Gasteiger partial charge in [0, 0.05) is 37.3 Å². The highest BCUT2D eigenvalue weighted by atomic mass is 19.2. The van der Waals surface area contributed by atoms with Crippen LogP contribution in [0.2, 0.25) is 0 Å². The monoisotopic (exact) mass is 536 g/mol. The van der Waals surface area contributed by atoms with Gasteiger partial charge in [0.25, 0.3) is 0 Å². The molecule has 1 aromatic heterocycles. The fourth-order valence-corrected chi connectivity index (χ4v) is 5.18. The SMILES string of the molecule is Cc1ccc([C@]2(O)CC[C@H]3CN(Cc4cccc(F)c4F)C[C@H]32)nc1.O=C(O)CC(O)(CC(=O)O)C(=O)O. The second-order valence-electron chi connectivity index (χ2n) is 9.94. The fraction of sp³-hybridized carbons (Fsp3) is 0.462. The number of hydrogen-bond acceptors (Lipinski definition) is 7. The van der Waals surface area contributed by atoms with Gasteiger partial charge in [-0.1, -0.05) is 18.2 Å². The molecule has 3 atom stereocenters. The maximum atomic E-state index is 13.9. The number of rotatable bonds is 8. The summed E-state index contributed by atoms with van der Waals surface area (Å²) in [5.74, 6) is -6.15. The van der Waals surface area contributed by atoms with Crippen molar-refractivity contribution in [3.05, 3.63) is 65.0 Å². The number of carbonyl (C=O) groups is 3. The van der Waals surface area contributed by atoms with Crippen LogP contribution in [0.3, 0.4) is 0 Å². The van der Waals surface area contributed by atoms with Crippen LogP contribution in [-0.2, 0) is 26.5 Å². The lowest BCUT2D eigenvalue weighted by molar-refractivity contribution is -0.170. The van der Waals surface area contributed by atoms with Gasteiger partial charge in [0.15, 0.2) is 17.2 Å². The first-order valence-electron chi connectivity index (χ1n) is 12.0. The van der Waals surface area contributed by atoms with Crippen LogP contribution in [0, 0.1) is 30.4 Å². The lowest BCUT2D eigenvalue weighted by Crippen LogP contribution is -2.42. The molecule has 0 radical (unpaired) electrons. The Labute approximate surface area is 217 Å². The molecule has 5 N–H and O–H groups in total. The minimum Gasteiger partial charge on any atom is -0.481 e. The zero-order chi connectivity index (χ0) is 28.3. The largest absolute Gasteiger partial charge is 0.481 e. The number of nitrogens with zero attached hydrogens (tertiary/aromatic N) is 2. The Hall–Kier alpha value is -3.48. The summed E-state index contributed by atoms with van der Waals surface area (Å²) in [6.45, 7) is 3.82. The molecule has 1 aliphatic heterocycles. The Morgan fingerprint density at radius 3 is 2.29 bits per heavy atom. The second kappa shape index (κ2) is 11.5. The Morgan fingerprint density at radius 1 is 1.08 bits per heavy atom. The van der Waals surface area contributed by atoms with E-state index in [0.717, 1.165) is 30.3 Å². The van der Waals surface area contributed by atoms with E-state index >= 15 is 0 Å².